The third-order valence-electron chi connectivity index (χ3n) is 7.11. The number of anilines is 3. The lowest BCUT2D eigenvalue weighted by Gasteiger charge is -2.26. The van der Waals surface area contributed by atoms with E-state index in [9.17, 15) is 9.59 Å². The third-order valence-corrected chi connectivity index (χ3v) is 7.11. The zero-order valence-corrected chi connectivity index (χ0v) is 23.3. The van der Waals surface area contributed by atoms with Gasteiger partial charge in [-0.25, -0.2) is 9.59 Å². The van der Waals surface area contributed by atoms with Gasteiger partial charge in [0.2, 0.25) is 0 Å². The molecule has 0 radical (unpaired) electrons. The quantitative estimate of drug-likeness (QED) is 0.105. The molecule has 5 heteroatoms. The number of carbonyl (C=O) groups excluding carboxylic acids is 2. The normalized spacial score (nSPS) is 10.7. The molecule has 0 spiro atoms. The first-order chi connectivity index (χ1) is 21.0. The summed E-state index contributed by atoms with van der Waals surface area (Å²) in [6.07, 6.45) is 2.29. The molecule has 6 aromatic carbocycles. The van der Waals surface area contributed by atoms with Crippen LogP contribution in [-0.2, 0) is 9.59 Å². The van der Waals surface area contributed by atoms with Crippen LogP contribution in [0.15, 0.2) is 153 Å². The first-order valence-corrected chi connectivity index (χ1v) is 13.7. The maximum Gasteiger partial charge on any atom is 0.335 e. The average Bonchev–Trinajstić information content (AvgIpc) is 3.05. The van der Waals surface area contributed by atoms with E-state index in [-0.39, 0.29) is 0 Å². The first kappa shape index (κ1) is 27.2. The molecule has 6 aromatic rings. The summed E-state index contributed by atoms with van der Waals surface area (Å²) >= 11 is 0. The van der Waals surface area contributed by atoms with Crippen LogP contribution in [0.3, 0.4) is 0 Å². The first-order valence-electron chi connectivity index (χ1n) is 13.7. The van der Waals surface area contributed by atoms with Gasteiger partial charge >= 0.3 is 11.9 Å². The molecule has 5 nitrogen and oxygen atoms in total. The smallest absolute Gasteiger partial charge is 0.335 e. The number of benzene rings is 6. The minimum Gasteiger partial charge on any atom is -0.423 e. The predicted molar refractivity (Wildman–Crippen MR) is 173 cm³/mol. The molecule has 0 saturated carbocycles. The molecule has 43 heavy (non-hydrogen) atoms. The molecule has 0 aromatic heterocycles. The number of carbonyl (C=O) groups is 2. The van der Waals surface area contributed by atoms with Crippen molar-refractivity contribution in [1.82, 2.24) is 0 Å². The summed E-state index contributed by atoms with van der Waals surface area (Å²) < 4.78 is 10.6. The largest absolute Gasteiger partial charge is 0.423 e. The van der Waals surface area contributed by atoms with Gasteiger partial charge in [0.1, 0.15) is 11.5 Å². The van der Waals surface area contributed by atoms with Gasteiger partial charge in [-0.3, -0.25) is 0 Å². The molecule has 0 amide bonds. The monoisotopic (exact) mass is 561 g/mol. The Morgan fingerprint density at radius 3 is 1.40 bits per heavy atom. The highest BCUT2D eigenvalue weighted by molar-refractivity contribution is 5.94. The van der Waals surface area contributed by atoms with Crippen molar-refractivity contribution >= 4 is 50.5 Å². The Morgan fingerprint density at radius 2 is 0.907 bits per heavy atom. The molecule has 0 N–H and O–H groups in total. The van der Waals surface area contributed by atoms with Crippen molar-refractivity contribution in [3.8, 4) is 22.6 Å². The minimum absolute atomic E-state index is 0.464. The summed E-state index contributed by atoms with van der Waals surface area (Å²) in [5.41, 5.74) is 5.20. The van der Waals surface area contributed by atoms with Crippen LogP contribution < -0.4 is 14.4 Å². The number of hydrogen-bond donors (Lipinski definition) is 0. The number of hydrogen-bond acceptors (Lipinski definition) is 5. The number of ether oxygens (including phenoxy) is 2. The van der Waals surface area contributed by atoms with E-state index in [0.717, 1.165) is 61.9 Å². The van der Waals surface area contributed by atoms with Crippen LogP contribution >= 0.6 is 0 Å². The summed E-state index contributed by atoms with van der Waals surface area (Å²) in [5, 5.41) is 3.88. The van der Waals surface area contributed by atoms with Gasteiger partial charge in [-0.15, -0.1) is 0 Å². The topological polar surface area (TPSA) is 55.8 Å². The summed E-state index contributed by atoms with van der Waals surface area (Å²) in [6, 6.07) is 42.2. The van der Waals surface area contributed by atoms with Crippen molar-refractivity contribution < 1.29 is 19.1 Å². The van der Waals surface area contributed by atoms with Gasteiger partial charge < -0.3 is 14.4 Å². The van der Waals surface area contributed by atoms with Crippen molar-refractivity contribution in [2.24, 2.45) is 0 Å². The molecule has 6 rings (SSSR count). The van der Waals surface area contributed by atoms with Crippen molar-refractivity contribution in [3.05, 3.63) is 153 Å². The Balaban J connectivity index is 1.42. The standard InChI is InChI=1S/C38H27NO4/c1-3-37(40)42-35-20-14-28-22-33(18-12-30(28)24-35)39(32-16-10-27(11-17-32)26-8-6-5-7-9-26)34-19-13-31-25-36(43-38(41)4-2)21-15-29(31)23-34/h3-25H,1-2H2. The van der Waals surface area contributed by atoms with Crippen LogP contribution in [-0.4, -0.2) is 11.9 Å². The second-order valence-corrected chi connectivity index (χ2v) is 9.89. The lowest BCUT2D eigenvalue weighted by molar-refractivity contribution is -0.129. The molecule has 0 atom stereocenters. The lowest BCUT2D eigenvalue weighted by atomic mass is 10.0. The van der Waals surface area contributed by atoms with Crippen molar-refractivity contribution in [2.75, 3.05) is 4.90 Å². The van der Waals surface area contributed by atoms with Gasteiger partial charge in [0.25, 0.3) is 0 Å². The lowest BCUT2D eigenvalue weighted by Crippen LogP contribution is -2.10. The van der Waals surface area contributed by atoms with E-state index in [1.807, 2.05) is 54.6 Å². The Hall–Kier alpha value is -5.94. The molecule has 0 heterocycles. The third kappa shape index (κ3) is 5.92. The van der Waals surface area contributed by atoms with Crippen LogP contribution in [0.2, 0.25) is 0 Å². The molecular weight excluding hydrogens is 534 g/mol. The van der Waals surface area contributed by atoms with E-state index in [0.29, 0.717) is 11.5 Å². The highest BCUT2D eigenvalue weighted by Crippen LogP contribution is 2.39. The molecule has 0 fully saturated rings. The number of nitrogens with zero attached hydrogens (tertiary/aromatic N) is 1. The summed E-state index contributed by atoms with van der Waals surface area (Å²) in [4.78, 5) is 25.6. The minimum atomic E-state index is -0.497. The molecular formula is C38H27NO4. The second-order valence-electron chi connectivity index (χ2n) is 9.89. The van der Waals surface area contributed by atoms with Crippen LogP contribution in [0, 0.1) is 0 Å². The fraction of sp³-hybridized carbons (Fsp3) is 0. The van der Waals surface area contributed by atoms with Crippen LogP contribution in [0.25, 0.3) is 32.7 Å². The second kappa shape index (κ2) is 11.9. The van der Waals surface area contributed by atoms with Gasteiger partial charge in [0, 0.05) is 29.2 Å². The van der Waals surface area contributed by atoms with Gasteiger partial charge in [0.15, 0.2) is 0 Å². The highest BCUT2D eigenvalue weighted by atomic mass is 16.5. The van der Waals surface area contributed by atoms with Crippen LogP contribution in [0.5, 0.6) is 11.5 Å². The van der Waals surface area contributed by atoms with Gasteiger partial charge in [-0.2, -0.15) is 0 Å². The molecule has 208 valence electrons. The fourth-order valence-corrected chi connectivity index (χ4v) is 5.02. The van der Waals surface area contributed by atoms with E-state index in [1.165, 1.54) is 0 Å². The zero-order valence-electron chi connectivity index (χ0n) is 23.3. The maximum atomic E-state index is 11.7. The zero-order chi connectivity index (χ0) is 29.8. The molecule has 0 aliphatic rings. The average molecular weight is 562 g/mol. The van der Waals surface area contributed by atoms with Crippen molar-refractivity contribution in [2.45, 2.75) is 0 Å². The number of fused-ring (bicyclic) bond motifs is 2. The Kier molecular flexibility index (Phi) is 7.53. The van der Waals surface area contributed by atoms with E-state index in [2.05, 4.69) is 78.7 Å². The van der Waals surface area contributed by atoms with Crippen LogP contribution in [0.4, 0.5) is 17.1 Å². The van der Waals surface area contributed by atoms with E-state index in [1.54, 1.807) is 12.1 Å². The molecule has 0 unspecified atom stereocenters. The number of esters is 2. The highest BCUT2D eigenvalue weighted by Gasteiger charge is 2.15. The van der Waals surface area contributed by atoms with Gasteiger partial charge in [-0.05, 0) is 93.3 Å². The van der Waals surface area contributed by atoms with Crippen LogP contribution in [0.1, 0.15) is 0 Å². The van der Waals surface area contributed by atoms with Gasteiger partial charge in [0.05, 0.1) is 0 Å². The molecule has 0 bridgehead atoms. The SMILES string of the molecule is C=CC(=O)Oc1ccc2cc(N(c3ccc(-c4ccccc4)cc3)c3ccc4cc(OC(=O)C=C)ccc4c3)ccc2c1. The Morgan fingerprint density at radius 1 is 0.488 bits per heavy atom. The maximum absolute atomic E-state index is 11.7. The summed E-state index contributed by atoms with van der Waals surface area (Å²) in [5.74, 6) is -0.0656. The van der Waals surface area contributed by atoms with Gasteiger partial charge in [-0.1, -0.05) is 79.9 Å². The molecule has 0 saturated heterocycles. The predicted octanol–water partition coefficient (Wildman–Crippen LogP) is 9.31. The van der Waals surface area contributed by atoms with Crippen molar-refractivity contribution in [1.29, 1.82) is 0 Å². The Labute approximate surface area is 249 Å². The fourth-order valence-electron chi connectivity index (χ4n) is 5.02. The van der Waals surface area contributed by atoms with E-state index < -0.39 is 11.9 Å². The summed E-state index contributed by atoms with van der Waals surface area (Å²) in [6.45, 7) is 6.93. The molecule has 0 aliphatic heterocycles. The summed E-state index contributed by atoms with van der Waals surface area (Å²) in [7, 11) is 0. The van der Waals surface area contributed by atoms with Crippen molar-refractivity contribution in [3.63, 3.8) is 0 Å². The number of rotatable bonds is 8. The molecule has 0 aliphatic carbocycles. The Bertz CT molecular complexity index is 1890. The van der Waals surface area contributed by atoms with E-state index in [4.69, 9.17) is 9.47 Å². The van der Waals surface area contributed by atoms with E-state index >= 15 is 0 Å².